The SMILES string of the molecule is CC1=CC(c2nc(-c3ccc(OCC(F)(F)F)cc3)no2)=NCC1C(C)Cc1cccc(C(=O)N2CCN(C)CC2)c1. The standard InChI is InChI=1S/C31H34F3N5O3/c1-20(15-22-5-4-6-24(17-22)30(40)39-13-11-38(3)12-14-39)26-18-35-27(16-21(26)2)29-36-28(37-42-29)23-7-9-25(10-8-23)41-19-31(32,33)34/h4-10,16-17,20,26H,11-15,18-19H2,1-3H3. The van der Waals surface area contributed by atoms with Crippen molar-refractivity contribution in [1.29, 1.82) is 0 Å². The van der Waals surface area contributed by atoms with E-state index in [0.717, 1.165) is 49.3 Å². The Morgan fingerprint density at radius 2 is 1.86 bits per heavy atom. The van der Waals surface area contributed by atoms with Gasteiger partial charge in [0.25, 0.3) is 11.8 Å². The van der Waals surface area contributed by atoms with Gasteiger partial charge in [-0.1, -0.05) is 29.8 Å². The van der Waals surface area contributed by atoms with Crippen LogP contribution in [0.4, 0.5) is 13.2 Å². The van der Waals surface area contributed by atoms with Crippen LogP contribution in [0.1, 0.15) is 35.7 Å². The molecule has 222 valence electrons. The van der Waals surface area contributed by atoms with Gasteiger partial charge in [-0.15, -0.1) is 0 Å². The third kappa shape index (κ3) is 7.25. The molecule has 0 bridgehead atoms. The number of alkyl halides is 3. The number of ether oxygens (including phenoxy) is 1. The van der Waals surface area contributed by atoms with Gasteiger partial charge in [-0.25, -0.2) is 0 Å². The largest absolute Gasteiger partial charge is 0.484 e. The number of carbonyl (C=O) groups excluding carboxylic acids is 1. The molecule has 1 amide bonds. The number of amides is 1. The zero-order valence-electron chi connectivity index (χ0n) is 23.9. The summed E-state index contributed by atoms with van der Waals surface area (Å²) in [6.45, 7) is 6.76. The van der Waals surface area contributed by atoms with Crippen LogP contribution in [0.3, 0.4) is 0 Å². The van der Waals surface area contributed by atoms with Crippen LogP contribution in [0.15, 0.2) is 69.7 Å². The highest BCUT2D eigenvalue weighted by Gasteiger charge is 2.29. The molecule has 0 saturated carbocycles. The molecule has 0 radical (unpaired) electrons. The van der Waals surface area contributed by atoms with E-state index in [1.54, 1.807) is 12.1 Å². The molecular weight excluding hydrogens is 547 g/mol. The number of benzene rings is 2. The van der Waals surface area contributed by atoms with Gasteiger partial charge in [0.1, 0.15) is 11.5 Å². The van der Waals surface area contributed by atoms with Gasteiger partial charge in [0.05, 0.1) is 0 Å². The third-order valence-electron chi connectivity index (χ3n) is 7.78. The molecule has 0 aliphatic carbocycles. The zero-order valence-corrected chi connectivity index (χ0v) is 23.9. The molecule has 0 N–H and O–H groups in total. The predicted molar refractivity (Wildman–Crippen MR) is 153 cm³/mol. The Bertz CT molecular complexity index is 1460. The molecule has 42 heavy (non-hydrogen) atoms. The van der Waals surface area contributed by atoms with E-state index in [1.807, 2.05) is 29.2 Å². The van der Waals surface area contributed by atoms with Gasteiger partial charge in [-0.2, -0.15) is 18.2 Å². The maximum Gasteiger partial charge on any atom is 0.422 e. The topological polar surface area (TPSA) is 84.1 Å². The van der Waals surface area contributed by atoms with Crippen LogP contribution in [0.25, 0.3) is 11.4 Å². The van der Waals surface area contributed by atoms with Gasteiger partial charge in [0, 0.05) is 49.8 Å². The molecule has 0 spiro atoms. The van der Waals surface area contributed by atoms with Gasteiger partial charge < -0.3 is 19.1 Å². The van der Waals surface area contributed by atoms with Crippen molar-refractivity contribution in [2.45, 2.75) is 26.4 Å². The molecule has 8 nitrogen and oxygen atoms in total. The van der Waals surface area contributed by atoms with E-state index >= 15 is 0 Å². The summed E-state index contributed by atoms with van der Waals surface area (Å²) in [5.41, 5.74) is 4.20. The fourth-order valence-electron chi connectivity index (χ4n) is 5.31. The molecule has 2 aliphatic heterocycles. The molecule has 2 atom stereocenters. The van der Waals surface area contributed by atoms with Crippen molar-refractivity contribution in [2.24, 2.45) is 16.8 Å². The summed E-state index contributed by atoms with van der Waals surface area (Å²) in [6.07, 6.45) is -1.62. The van der Waals surface area contributed by atoms with E-state index in [1.165, 1.54) is 12.1 Å². The first-order chi connectivity index (χ1) is 20.1. The van der Waals surface area contributed by atoms with Crippen LogP contribution in [0.5, 0.6) is 5.75 Å². The lowest BCUT2D eigenvalue weighted by Gasteiger charge is -2.32. The lowest BCUT2D eigenvalue weighted by Crippen LogP contribution is -2.47. The van der Waals surface area contributed by atoms with Crippen LogP contribution in [-0.4, -0.2) is 84.1 Å². The molecule has 3 aromatic rings. The number of aliphatic imine (C=N–C) groups is 1. The molecular formula is C31H34F3N5O3. The molecule has 2 aliphatic rings. The zero-order chi connectivity index (χ0) is 29.9. The number of allylic oxidation sites excluding steroid dienone is 1. The number of nitrogens with zero attached hydrogens (tertiary/aromatic N) is 5. The average Bonchev–Trinajstić information content (AvgIpc) is 3.46. The van der Waals surface area contributed by atoms with Crippen molar-refractivity contribution >= 4 is 11.6 Å². The normalized spacial score (nSPS) is 18.8. The number of dihydropyridines is 1. The van der Waals surface area contributed by atoms with E-state index < -0.39 is 12.8 Å². The molecule has 1 aromatic heterocycles. The number of rotatable bonds is 8. The van der Waals surface area contributed by atoms with E-state index in [-0.39, 0.29) is 29.4 Å². The van der Waals surface area contributed by atoms with Crippen molar-refractivity contribution in [3.05, 3.63) is 77.2 Å². The van der Waals surface area contributed by atoms with Crippen LogP contribution in [0.2, 0.25) is 0 Å². The van der Waals surface area contributed by atoms with Gasteiger partial charge in [-0.3, -0.25) is 9.79 Å². The third-order valence-corrected chi connectivity index (χ3v) is 7.78. The maximum atomic E-state index is 13.1. The van der Waals surface area contributed by atoms with Crippen molar-refractivity contribution in [1.82, 2.24) is 19.9 Å². The lowest BCUT2D eigenvalue weighted by molar-refractivity contribution is -0.153. The first-order valence-corrected chi connectivity index (χ1v) is 14.0. The smallest absolute Gasteiger partial charge is 0.422 e. The lowest BCUT2D eigenvalue weighted by atomic mass is 9.82. The Morgan fingerprint density at radius 3 is 2.55 bits per heavy atom. The number of piperazine rings is 1. The quantitative estimate of drug-likeness (QED) is 0.359. The molecule has 11 heteroatoms. The van der Waals surface area contributed by atoms with Crippen molar-refractivity contribution in [3.63, 3.8) is 0 Å². The molecule has 2 aromatic carbocycles. The Labute approximate surface area is 242 Å². The van der Waals surface area contributed by atoms with E-state index in [2.05, 4.69) is 42.0 Å². The molecule has 3 heterocycles. The monoisotopic (exact) mass is 581 g/mol. The van der Waals surface area contributed by atoms with Gasteiger partial charge in [-0.05, 0) is 74.3 Å². The van der Waals surface area contributed by atoms with Crippen LogP contribution >= 0.6 is 0 Å². The number of hydrogen-bond acceptors (Lipinski definition) is 7. The highest BCUT2D eigenvalue weighted by Crippen LogP contribution is 2.29. The summed E-state index contributed by atoms with van der Waals surface area (Å²) < 4.78 is 47.4. The summed E-state index contributed by atoms with van der Waals surface area (Å²) in [5, 5.41) is 4.02. The predicted octanol–water partition coefficient (Wildman–Crippen LogP) is 5.31. The second-order valence-electron chi connectivity index (χ2n) is 11.0. The molecule has 1 fully saturated rings. The second-order valence-corrected chi connectivity index (χ2v) is 11.0. The minimum atomic E-state index is -4.40. The van der Waals surface area contributed by atoms with Crippen molar-refractivity contribution in [2.75, 3.05) is 46.4 Å². The second kappa shape index (κ2) is 12.5. The summed E-state index contributed by atoms with van der Waals surface area (Å²) >= 11 is 0. The summed E-state index contributed by atoms with van der Waals surface area (Å²) in [6, 6.07) is 14.0. The van der Waals surface area contributed by atoms with Crippen LogP contribution < -0.4 is 4.74 Å². The fraction of sp³-hybridized carbons (Fsp3) is 0.419. The number of carbonyl (C=O) groups is 1. The Balaban J connectivity index is 1.19. The van der Waals surface area contributed by atoms with Crippen LogP contribution in [0, 0.1) is 11.8 Å². The average molecular weight is 582 g/mol. The highest BCUT2D eigenvalue weighted by atomic mass is 19.4. The maximum absolute atomic E-state index is 13.1. The fourth-order valence-corrected chi connectivity index (χ4v) is 5.31. The molecule has 1 saturated heterocycles. The Kier molecular flexibility index (Phi) is 8.77. The first kappa shape index (κ1) is 29.5. The minimum Gasteiger partial charge on any atom is -0.484 e. The Hall–Kier alpha value is -3.99. The van der Waals surface area contributed by atoms with E-state index in [0.29, 0.717) is 23.6 Å². The van der Waals surface area contributed by atoms with E-state index in [9.17, 15) is 18.0 Å². The summed E-state index contributed by atoms with van der Waals surface area (Å²) in [5.74, 6) is 1.29. The highest BCUT2D eigenvalue weighted by molar-refractivity contribution is 6.06. The van der Waals surface area contributed by atoms with E-state index in [4.69, 9.17) is 14.3 Å². The van der Waals surface area contributed by atoms with Gasteiger partial charge in [0.2, 0.25) is 5.82 Å². The summed E-state index contributed by atoms with van der Waals surface area (Å²) in [4.78, 5) is 26.4. The Morgan fingerprint density at radius 1 is 1.12 bits per heavy atom. The van der Waals surface area contributed by atoms with Crippen LogP contribution in [-0.2, 0) is 6.42 Å². The number of hydrogen-bond donors (Lipinski definition) is 0. The van der Waals surface area contributed by atoms with Gasteiger partial charge >= 0.3 is 6.18 Å². The van der Waals surface area contributed by atoms with Crippen molar-refractivity contribution in [3.8, 4) is 17.1 Å². The molecule has 5 rings (SSSR count). The number of likely N-dealkylation sites (N-methyl/N-ethyl adjacent to an activating group) is 1. The molecule has 2 unspecified atom stereocenters. The number of aromatic nitrogens is 2. The first-order valence-electron chi connectivity index (χ1n) is 14.0. The summed E-state index contributed by atoms with van der Waals surface area (Å²) in [7, 11) is 2.07. The minimum absolute atomic E-state index is 0.0882. The van der Waals surface area contributed by atoms with Crippen molar-refractivity contribution < 1.29 is 27.2 Å². The number of halogens is 3. The van der Waals surface area contributed by atoms with Gasteiger partial charge in [0.15, 0.2) is 6.61 Å².